The molecule has 6 heteroatoms. The fourth-order valence-electron chi connectivity index (χ4n) is 3.47. The number of halogens is 1. The van der Waals surface area contributed by atoms with Crippen LogP contribution in [0.15, 0.2) is 29.2 Å². The summed E-state index contributed by atoms with van der Waals surface area (Å²) in [7, 11) is 1.68. The Hall–Kier alpha value is -2.84. The SMILES string of the molecule is Cc1cc(C(C)(C)C)c(Cl)cc1-c1cc(=O)c(-c2cnn(C)c2C#N)c(C)[nH]1. The second kappa shape index (κ2) is 6.96. The number of pyridine rings is 1. The maximum Gasteiger partial charge on any atom is 0.190 e. The highest BCUT2D eigenvalue weighted by molar-refractivity contribution is 6.31. The van der Waals surface area contributed by atoms with Crippen molar-refractivity contribution in [1.29, 1.82) is 5.26 Å². The fraction of sp³-hybridized carbons (Fsp3) is 0.318. The number of nitriles is 1. The molecule has 2 heterocycles. The second-order valence-corrected chi connectivity index (χ2v) is 8.49. The molecule has 0 amide bonds. The Morgan fingerprint density at radius 1 is 1.18 bits per heavy atom. The molecule has 2 aromatic heterocycles. The second-order valence-electron chi connectivity index (χ2n) is 8.09. The molecule has 144 valence electrons. The van der Waals surface area contributed by atoms with E-state index in [1.54, 1.807) is 19.3 Å². The van der Waals surface area contributed by atoms with Crippen molar-refractivity contribution in [2.75, 3.05) is 0 Å². The average molecular weight is 395 g/mol. The van der Waals surface area contributed by atoms with Gasteiger partial charge in [0.05, 0.1) is 11.8 Å². The molecule has 0 fully saturated rings. The number of H-pyrrole nitrogens is 1. The first-order valence-corrected chi connectivity index (χ1v) is 9.39. The van der Waals surface area contributed by atoms with Gasteiger partial charge in [-0.15, -0.1) is 0 Å². The van der Waals surface area contributed by atoms with Gasteiger partial charge in [-0.25, -0.2) is 0 Å². The van der Waals surface area contributed by atoms with E-state index in [2.05, 4.69) is 43.0 Å². The number of benzene rings is 1. The van der Waals surface area contributed by atoms with Crippen LogP contribution in [0.4, 0.5) is 0 Å². The van der Waals surface area contributed by atoms with E-state index in [1.807, 2.05) is 19.9 Å². The average Bonchev–Trinajstić information content (AvgIpc) is 2.95. The number of aryl methyl sites for hydroxylation is 3. The molecule has 0 saturated carbocycles. The molecule has 0 saturated heterocycles. The van der Waals surface area contributed by atoms with Crippen LogP contribution in [-0.4, -0.2) is 14.8 Å². The minimum atomic E-state index is -0.161. The van der Waals surface area contributed by atoms with Gasteiger partial charge in [-0.1, -0.05) is 38.4 Å². The van der Waals surface area contributed by atoms with Gasteiger partial charge in [0, 0.05) is 40.7 Å². The Kier molecular flexibility index (Phi) is 4.95. The maximum atomic E-state index is 12.9. The minimum Gasteiger partial charge on any atom is -0.358 e. The van der Waals surface area contributed by atoms with Crippen LogP contribution in [0, 0.1) is 25.2 Å². The number of hydrogen-bond acceptors (Lipinski definition) is 3. The summed E-state index contributed by atoms with van der Waals surface area (Å²) in [4.78, 5) is 16.2. The molecule has 3 rings (SSSR count). The summed E-state index contributed by atoms with van der Waals surface area (Å²) in [6, 6.07) is 7.66. The fourth-order valence-corrected chi connectivity index (χ4v) is 3.92. The van der Waals surface area contributed by atoms with Gasteiger partial charge < -0.3 is 4.98 Å². The summed E-state index contributed by atoms with van der Waals surface area (Å²) in [5, 5.41) is 14.2. The zero-order valence-electron chi connectivity index (χ0n) is 16.9. The van der Waals surface area contributed by atoms with E-state index in [4.69, 9.17) is 11.6 Å². The summed E-state index contributed by atoms with van der Waals surface area (Å²) in [6.45, 7) is 10.2. The molecule has 28 heavy (non-hydrogen) atoms. The van der Waals surface area contributed by atoms with Gasteiger partial charge in [0.2, 0.25) is 0 Å². The van der Waals surface area contributed by atoms with E-state index < -0.39 is 0 Å². The van der Waals surface area contributed by atoms with Gasteiger partial charge in [-0.05, 0) is 36.5 Å². The van der Waals surface area contributed by atoms with Crippen LogP contribution >= 0.6 is 11.6 Å². The third-order valence-corrected chi connectivity index (χ3v) is 5.26. The quantitative estimate of drug-likeness (QED) is 0.672. The van der Waals surface area contributed by atoms with Crippen molar-refractivity contribution in [3.8, 4) is 28.5 Å². The van der Waals surface area contributed by atoms with Crippen LogP contribution in [0.3, 0.4) is 0 Å². The summed E-state index contributed by atoms with van der Waals surface area (Å²) in [6.07, 6.45) is 1.55. The number of nitrogens with one attached hydrogen (secondary N) is 1. The Morgan fingerprint density at radius 3 is 2.43 bits per heavy atom. The normalized spacial score (nSPS) is 11.5. The Bertz CT molecular complexity index is 1170. The van der Waals surface area contributed by atoms with E-state index in [-0.39, 0.29) is 10.8 Å². The number of rotatable bonds is 2. The van der Waals surface area contributed by atoms with E-state index in [0.717, 1.165) is 16.7 Å². The van der Waals surface area contributed by atoms with Gasteiger partial charge in [-0.3, -0.25) is 9.48 Å². The molecule has 0 aliphatic rings. The van der Waals surface area contributed by atoms with E-state index in [9.17, 15) is 10.1 Å². The van der Waals surface area contributed by atoms with Crippen molar-refractivity contribution in [1.82, 2.24) is 14.8 Å². The number of aromatic amines is 1. The molecule has 0 radical (unpaired) electrons. The Labute approximate surface area is 169 Å². The zero-order chi connectivity index (χ0) is 20.8. The van der Waals surface area contributed by atoms with Gasteiger partial charge in [0.25, 0.3) is 0 Å². The van der Waals surface area contributed by atoms with Crippen LogP contribution in [0.2, 0.25) is 5.02 Å². The van der Waals surface area contributed by atoms with E-state index >= 15 is 0 Å². The molecule has 0 spiro atoms. The number of aromatic nitrogens is 3. The van der Waals surface area contributed by atoms with Crippen LogP contribution in [0.25, 0.3) is 22.4 Å². The van der Waals surface area contributed by atoms with Crippen molar-refractivity contribution in [2.24, 2.45) is 7.05 Å². The molecule has 0 unspecified atom stereocenters. The van der Waals surface area contributed by atoms with Crippen molar-refractivity contribution in [3.63, 3.8) is 0 Å². The van der Waals surface area contributed by atoms with Crippen LogP contribution in [-0.2, 0) is 12.5 Å². The number of hydrogen-bond donors (Lipinski definition) is 1. The lowest BCUT2D eigenvalue weighted by Gasteiger charge is -2.22. The first kappa shape index (κ1) is 19.9. The smallest absolute Gasteiger partial charge is 0.190 e. The predicted molar refractivity (Wildman–Crippen MR) is 113 cm³/mol. The molecule has 0 bridgehead atoms. The highest BCUT2D eigenvalue weighted by atomic mass is 35.5. The molecule has 1 N–H and O–H groups in total. The largest absolute Gasteiger partial charge is 0.358 e. The van der Waals surface area contributed by atoms with Crippen molar-refractivity contribution < 1.29 is 0 Å². The van der Waals surface area contributed by atoms with Gasteiger partial charge in [0.15, 0.2) is 5.43 Å². The number of nitrogens with zero attached hydrogens (tertiary/aromatic N) is 3. The minimum absolute atomic E-state index is 0.0679. The molecule has 0 aliphatic heterocycles. The standard InChI is InChI=1S/C22H23ClN4O/c1-12-7-16(22(3,4)5)17(23)8-14(12)18-9-20(28)21(13(2)26-18)15-11-25-27(6)19(15)10-24/h7-9,11H,1-6H3,(H,26,28). The third-order valence-electron chi connectivity index (χ3n) is 4.95. The predicted octanol–water partition coefficient (Wildman–Crippen LogP) is 4.88. The molecule has 0 aliphatic carbocycles. The lowest BCUT2D eigenvalue weighted by Crippen LogP contribution is -2.13. The molecule has 5 nitrogen and oxygen atoms in total. The monoisotopic (exact) mass is 394 g/mol. The van der Waals surface area contributed by atoms with Crippen LogP contribution in [0.5, 0.6) is 0 Å². The maximum absolute atomic E-state index is 12.9. The Morgan fingerprint density at radius 2 is 1.86 bits per heavy atom. The molecular formula is C22H23ClN4O. The van der Waals surface area contributed by atoms with E-state index in [1.165, 1.54) is 4.68 Å². The molecule has 0 atom stereocenters. The van der Waals surface area contributed by atoms with Gasteiger partial charge in [0.1, 0.15) is 11.8 Å². The third kappa shape index (κ3) is 3.36. The lowest BCUT2D eigenvalue weighted by atomic mass is 9.85. The van der Waals surface area contributed by atoms with Gasteiger partial charge in [-0.2, -0.15) is 10.4 Å². The summed E-state index contributed by atoms with van der Waals surface area (Å²) in [5.41, 5.74) is 5.50. The molecule has 3 aromatic rings. The summed E-state index contributed by atoms with van der Waals surface area (Å²) < 4.78 is 1.47. The van der Waals surface area contributed by atoms with Crippen LogP contribution in [0.1, 0.15) is 43.3 Å². The summed E-state index contributed by atoms with van der Waals surface area (Å²) in [5.74, 6) is 0. The van der Waals surface area contributed by atoms with Crippen molar-refractivity contribution in [2.45, 2.75) is 40.0 Å². The van der Waals surface area contributed by atoms with Crippen LogP contribution < -0.4 is 5.43 Å². The topological polar surface area (TPSA) is 74.5 Å². The first-order valence-electron chi connectivity index (χ1n) is 9.02. The molecular weight excluding hydrogens is 372 g/mol. The Balaban J connectivity index is 2.18. The zero-order valence-corrected chi connectivity index (χ0v) is 17.7. The summed E-state index contributed by atoms with van der Waals surface area (Å²) >= 11 is 6.55. The van der Waals surface area contributed by atoms with Crippen molar-refractivity contribution >= 4 is 11.6 Å². The lowest BCUT2D eigenvalue weighted by molar-refractivity contribution is 0.590. The molecule has 1 aromatic carbocycles. The van der Waals surface area contributed by atoms with Crippen molar-refractivity contribution in [3.05, 3.63) is 62.2 Å². The highest BCUT2D eigenvalue weighted by Gasteiger charge is 2.21. The van der Waals surface area contributed by atoms with Gasteiger partial charge >= 0.3 is 0 Å². The van der Waals surface area contributed by atoms with E-state index in [0.29, 0.717) is 33.2 Å². The highest BCUT2D eigenvalue weighted by Crippen LogP contribution is 2.35. The first-order chi connectivity index (χ1) is 13.0.